The van der Waals surface area contributed by atoms with Crippen LogP contribution in [0.5, 0.6) is 0 Å². The molecule has 2 rings (SSSR count). The molecule has 0 aliphatic carbocycles. The number of rotatable bonds is 4. The number of benzene rings is 1. The van der Waals surface area contributed by atoms with Crippen molar-refractivity contribution >= 4 is 23.1 Å². The molecule has 0 unspecified atom stereocenters. The number of hydrogen-bond acceptors (Lipinski definition) is 4. The smallest absolute Gasteiger partial charge is 0.310 e. The normalized spacial score (nSPS) is 12.0. The highest BCUT2D eigenvalue weighted by Gasteiger charge is 2.14. The van der Waals surface area contributed by atoms with Gasteiger partial charge in [0.15, 0.2) is 0 Å². The quantitative estimate of drug-likeness (QED) is 0.802. The van der Waals surface area contributed by atoms with Gasteiger partial charge in [-0.1, -0.05) is 25.1 Å². The first kappa shape index (κ1) is 16.1. The van der Waals surface area contributed by atoms with E-state index in [1.165, 1.54) is 0 Å². The summed E-state index contributed by atoms with van der Waals surface area (Å²) in [6, 6.07) is 5.89. The lowest BCUT2D eigenvalue weighted by Gasteiger charge is -2.18. The Labute approximate surface area is 131 Å². The lowest BCUT2D eigenvalue weighted by Crippen LogP contribution is -2.23. The molecule has 22 heavy (non-hydrogen) atoms. The summed E-state index contributed by atoms with van der Waals surface area (Å²) < 4.78 is 5.26. The van der Waals surface area contributed by atoms with Gasteiger partial charge in [0.25, 0.3) is 0 Å². The first-order valence-electron chi connectivity index (χ1n) is 7.51. The molecular weight excluding hydrogens is 276 g/mol. The van der Waals surface area contributed by atoms with E-state index in [0.29, 0.717) is 0 Å². The van der Waals surface area contributed by atoms with Crippen LogP contribution in [0.25, 0.3) is 17.1 Å². The standard InChI is InChI=1S/C18H22N2O2/c1-5-14-12-19-15-10-9-13(11-16(15)20-14)7-6-8-17(21)22-18(2,3)4/h6-7,9-12H,5,8H2,1-4H3/b7-6+. The largest absolute Gasteiger partial charge is 0.460 e. The molecule has 0 fully saturated rings. The molecule has 0 bridgehead atoms. The molecule has 0 N–H and O–H groups in total. The monoisotopic (exact) mass is 298 g/mol. The molecule has 0 saturated carbocycles. The summed E-state index contributed by atoms with van der Waals surface area (Å²) in [5, 5.41) is 0. The SMILES string of the molecule is CCc1cnc2ccc(/C=C/CC(=O)OC(C)(C)C)cc2n1. The summed E-state index contributed by atoms with van der Waals surface area (Å²) in [5.74, 6) is -0.224. The second kappa shape index (κ2) is 6.69. The Morgan fingerprint density at radius 3 is 2.73 bits per heavy atom. The highest BCUT2D eigenvalue weighted by Crippen LogP contribution is 2.14. The summed E-state index contributed by atoms with van der Waals surface area (Å²) in [6.45, 7) is 7.65. The van der Waals surface area contributed by atoms with Gasteiger partial charge in [0.1, 0.15) is 5.60 Å². The van der Waals surface area contributed by atoms with Crippen LogP contribution in [-0.4, -0.2) is 21.5 Å². The zero-order valence-corrected chi connectivity index (χ0v) is 13.6. The highest BCUT2D eigenvalue weighted by molar-refractivity contribution is 5.78. The van der Waals surface area contributed by atoms with Gasteiger partial charge in [0.2, 0.25) is 0 Å². The van der Waals surface area contributed by atoms with Gasteiger partial charge in [-0.25, -0.2) is 4.98 Å². The second-order valence-corrected chi connectivity index (χ2v) is 6.16. The highest BCUT2D eigenvalue weighted by atomic mass is 16.6. The Balaban J connectivity index is 2.08. The number of nitrogens with zero attached hydrogens (tertiary/aromatic N) is 2. The van der Waals surface area contributed by atoms with Gasteiger partial charge in [-0.05, 0) is 44.9 Å². The summed E-state index contributed by atoms with van der Waals surface area (Å²) in [7, 11) is 0. The molecule has 1 aromatic carbocycles. The topological polar surface area (TPSA) is 52.1 Å². The van der Waals surface area contributed by atoms with Crippen LogP contribution in [0.3, 0.4) is 0 Å². The number of carbonyl (C=O) groups excluding carboxylic acids is 1. The van der Waals surface area contributed by atoms with E-state index in [1.807, 2.05) is 51.1 Å². The molecule has 0 aliphatic rings. The van der Waals surface area contributed by atoms with E-state index >= 15 is 0 Å². The molecule has 0 aliphatic heterocycles. The lowest BCUT2D eigenvalue weighted by atomic mass is 10.1. The van der Waals surface area contributed by atoms with Gasteiger partial charge >= 0.3 is 5.97 Å². The van der Waals surface area contributed by atoms with Crippen molar-refractivity contribution in [2.45, 2.75) is 46.1 Å². The first-order valence-corrected chi connectivity index (χ1v) is 7.51. The number of carbonyl (C=O) groups is 1. The van der Waals surface area contributed by atoms with Gasteiger partial charge in [0, 0.05) is 6.20 Å². The van der Waals surface area contributed by atoms with Crippen molar-refractivity contribution in [3.8, 4) is 0 Å². The summed E-state index contributed by atoms with van der Waals surface area (Å²) in [4.78, 5) is 20.6. The maximum Gasteiger partial charge on any atom is 0.310 e. The second-order valence-electron chi connectivity index (χ2n) is 6.16. The minimum atomic E-state index is -0.444. The van der Waals surface area contributed by atoms with E-state index in [1.54, 1.807) is 6.20 Å². The molecule has 1 aromatic heterocycles. The number of fused-ring (bicyclic) bond motifs is 1. The van der Waals surface area contributed by atoms with Crippen molar-refractivity contribution < 1.29 is 9.53 Å². The number of aromatic nitrogens is 2. The van der Waals surface area contributed by atoms with Crippen LogP contribution < -0.4 is 0 Å². The van der Waals surface area contributed by atoms with Gasteiger partial charge in [-0.15, -0.1) is 0 Å². The minimum Gasteiger partial charge on any atom is -0.460 e. The fourth-order valence-electron chi connectivity index (χ4n) is 2.02. The van der Waals surface area contributed by atoms with Crippen LogP contribution in [0.1, 0.15) is 45.4 Å². The summed E-state index contributed by atoms with van der Waals surface area (Å²) >= 11 is 0. The third-order valence-corrected chi connectivity index (χ3v) is 2.99. The Kier molecular flexibility index (Phi) is 4.91. The van der Waals surface area contributed by atoms with Crippen LogP contribution in [0.15, 0.2) is 30.5 Å². The fourth-order valence-corrected chi connectivity index (χ4v) is 2.02. The molecule has 1 heterocycles. The van der Waals surface area contributed by atoms with Crippen molar-refractivity contribution in [2.24, 2.45) is 0 Å². The number of ether oxygens (including phenoxy) is 1. The van der Waals surface area contributed by atoms with Crippen molar-refractivity contribution in [3.63, 3.8) is 0 Å². The zero-order valence-electron chi connectivity index (χ0n) is 13.6. The van der Waals surface area contributed by atoms with E-state index in [4.69, 9.17) is 4.74 Å². The van der Waals surface area contributed by atoms with E-state index in [2.05, 4.69) is 16.9 Å². The van der Waals surface area contributed by atoms with Crippen LogP contribution in [0, 0.1) is 0 Å². The maximum absolute atomic E-state index is 11.6. The number of aryl methyl sites for hydroxylation is 1. The van der Waals surface area contributed by atoms with Gasteiger partial charge in [-0.2, -0.15) is 0 Å². The third kappa shape index (κ3) is 4.65. The van der Waals surface area contributed by atoms with Crippen LogP contribution >= 0.6 is 0 Å². The van der Waals surface area contributed by atoms with E-state index < -0.39 is 5.60 Å². The van der Waals surface area contributed by atoms with Crippen molar-refractivity contribution in [1.82, 2.24) is 9.97 Å². The van der Waals surface area contributed by atoms with Crippen molar-refractivity contribution in [3.05, 3.63) is 41.7 Å². The molecule has 4 heteroatoms. The average molecular weight is 298 g/mol. The predicted molar refractivity (Wildman–Crippen MR) is 88.4 cm³/mol. The Morgan fingerprint density at radius 1 is 1.27 bits per heavy atom. The summed E-state index contributed by atoms with van der Waals surface area (Å²) in [6.07, 6.45) is 6.65. The summed E-state index contributed by atoms with van der Waals surface area (Å²) in [5.41, 5.74) is 3.28. The van der Waals surface area contributed by atoms with Crippen LogP contribution in [0.2, 0.25) is 0 Å². The van der Waals surface area contributed by atoms with E-state index in [0.717, 1.165) is 28.7 Å². The van der Waals surface area contributed by atoms with Crippen LogP contribution in [-0.2, 0) is 16.0 Å². The van der Waals surface area contributed by atoms with Crippen LogP contribution in [0.4, 0.5) is 0 Å². The Bertz CT molecular complexity index is 700. The van der Waals surface area contributed by atoms with E-state index in [-0.39, 0.29) is 12.4 Å². The molecular formula is C18H22N2O2. The van der Waals surface area contributed by atoms with Crippen molar-refractivity contribution in [2.75, 3.05) is 0 Å². The number of esters is 1. The molecule has 0 radical (unpaired) electrons. The van der Waals surface area contributed by atoms with Crippen molar-refractivity contribution in [1.29, 1.82) is 0 Å². The Hall–Kier alpha value is -2.23. The maximum atomic E-state index is 11.6. The molecule has 0 spiro atoms. The minimum absolute atomic E-state index is 0.224. The molecule has 0 amide bonds. The van der Waals surface area contributed by atoms with Gasteiger partial charge in [-0.3, -0.25) is 9.78 Å². The molecule has 0 saturated heterocycles. The average Bonchev–Trinajstić information content (AvgIpc) is 2.44. The van der Waals surface area contributed by atoms with Gasteiger partial charge in [0.05, 0.1) is 23.1 Å². The molecule has 2 aromatic rings. The first-order chi connectivity index (χ1) is 10.4. The molecule has 4 nitrogen and oxygen atoms in total. The fraction of sp³-hybridized carbons (Fsp3) is 0.389. The zero-order chi connectivity index (χ0) is 16.2. The van der Waals surface area contributed by atoms with Gasteiger partial charge < -0.3 is 4.74 Å². The molecule has 0 atom stereocenters. The molecule has 116 valence electrons. The Morgan fingerprint density at radius 2 is 2.05 bits per heavy atom. The lowest BCUT2D eigenvalue weighted by molar-refractivity contribution is -0.153. The van der Waals surface area contributed by atoms with E-state index in [9.17, 15) is 4.79 Å². The third-order valence-electron chi connectivity index (χ3n) is 2.99. The predicted octanol–water partition coefficient (Wildman–Crippen LogP) is 3.94. The number of hydrogen-bond donors (Lipinski definition) is 0.